The molecule has 0 saturated carbocycles. The first-order valence-corrected chi connectivity index (χ1v) is 5.39. The average Bonchev–Trinajstić information content (AvgIpc) is 2.57. The summed E-state index contributed by atoms with van der Waals surface area (Å²) in [5, 5.41) is 9.12. The lowest BCUT2D eigenvalue weighted by Crippen LogP contribution is -1.99. The Morgan fingerprint density at radius 1 is 1.46 bits per heavy atom. The van der Waals surface area contributed by atoms with E-state index in [0.29, 0.717) is 11.7 Å². The van der Waals surface area contributed by atoms with Gasteiger partial charge in [-0.05, 0) is 24.5 Å². The molecule has 1 aromatic rings. The van der Waals surface area contributed by atoms with E-state index in [1.807, 2.05) is 11.8 Å². The average molecular weight is 189 g/mol. The number of hydrogen-bond donors (Lipinski definition) is 0. The Hall–Kier alpha value is -0.940. The highest BCUT2D eigenvalue weighted by Gasteiger charge is 2.20. The molecular weight excluding hydrogens is 178 g/mol. The first kappa shape index (κ1) is 8.65. The van der Waals surface area contributed by atoms with E-state index in [1.165, 1.54) is 10.5 Å². The molecule has 2 heteroatoms. The predicted molar refractivity (Wildman–Crippen MR) is 54.6 cm³/mol. The first-order chi connectivity index (χ1) is 6.40. The van der Waals surface area contributed by atoms with Crippen molar-refractivity contribution in [3.8, 4) is 6.07 Å². The number of nitrogens with zero attached hydrogens (tertiary/aromatic N) is 1. The third-order valence-corrected chi connectivity index (χ3v) is 3.68. The van der Waals surface area contributed by atoms with Gasteiger partial charge in [0, 0.05) is 16.6 Å². The number of fused-ring (bicyclic) bond motifs is 1. The summed E-state index contributed by atoms with van der Waals surface area (Å²) in [5.41, 5.74) is 1.45. The molecule has 0 aliphatic carbocycles. The van der Waals surface area contributed by atoms with E-state index in [0.717, 1.165) is 12.8 Å². The van der Waals surface area contributed by atoms with Crippen LogP contribution in [0.4, 0.5) is 0 Å². The second-order valence-corrected chi connectivity index (χ2v) is 4.59. The Labute approximate surface area is 82.8 Å². The molecule has 0 amide bonds. The van der Waals surface area contributed by atoms with E-state index < -0.39 is 0 Å². The van der Waals surface area contributed by atoms with Gasteiger partial charge in [0.2, 0.25) is 0 Å². The molecule has 1 aromatic carbocycles. The highest BCUT2D eigenvalue weighted by molar-refractivity contribution is 8.00. The second kappa shape index (κ2) is 3.85. The lowest BCUT2D eigenvalue weighted by atomic mass is 10.1. The molecule has 1 unspecified atom stereocenters. The molecule has 1 aliphatic heterocycles. The van der Waals surface area contributed by atoms with Crippen molar-refractivity contribution in [2.45, 2.75) is 29.4 Å². The van der Waals surface area contributed by atoms with Gasteiger partial charge in [0.1, 0.15) is 0 Å². The molecule has 0 fully saturated rings. The fourth-order valence-corrected chi connectivity index (χ4v) is 2.96. The molecule has 2 rings (SSSR count). The third-order valence-electron chi connectivity index (χ3n) is 2.29. The Morgan fingerprint density at radius 2 is 2.31 bits per heavy atom. The molecule has 0 radical (unpaired) electrons. The predicted octanol–water partition coefficient (Wildman–Crippen LogP) is 3.01. The molecule has 0 bridgehead atoms. The van der Waals surface area contributed by atoms with Gasteiger partial charge in [-0.2, -0.15) is 5.26 Å². The number of nitriles is 1. The summed E-state index contributed by atoms with van der Waals surface area (Å²) in [6.07, 6.45) is 2.85. The molecule has 0 saturated heterocycles. The highest BCUT2D eigenvalue weighted by Crippen LogP contribution is 2.38. The van der Waals surface area contributed by atoms with Gasteiger partial charge >= 0.3 is 0 Å². The fourth-order valence-electron chi connectivity index (χ4n) is 1.64. The lowest BCUT2D eigenvalue weighted by Gasteiger charge is -2.02. The van der Waals surface area contributed by atoms with Crippen molar-refractivity contribution in [2.24, 2.45) is 0 Å². The van der Waals surface area contributed by atoms with Crippen LogP contribution in [-0.2, 0) is 6.42 Å². The highest BCUT2D eigenvalue weighted by atomic mass is 32.2. The van der Waals surface area contributed by atoms with E-state index in [4.69, 9.17) is 5.26 Å². The van der Waals surface area contributed by atoms with Crippen LogP contribution in [0.5, 0.6) is 0 Å². The zero-order valence-corrected chi connectivity index (χ0v) is 8.18. The minimum absolute atomic E-state index is 0.636. The Bertz CT molecular complexity index is 315. The zero-order valence-electron chi connectivity index (χ0n) is 7.36. The van der Waals surface area contributed by atoms with Crippen LogP contribution in [0.25, 0.3) is 0 Å². The second-order valence-electron chi connectivity index (χ2n) is 3.25. The van der Waals surface area contributed by atoms with Gasteiger partial charge in [0.05, 0.1) is 6.07 Å². The number of hydrogen-bond acceptors (Lipinski definition) is 2. The molecule has 13 heavy (non-hydrogen) atoms. The Morgan fingerprint density at radius 3 is 3.08 bits per heavy atom. The molecule has 0 aromatic heterocycles. The lowest BCUT2D eigenvalue weighted by molar-refractivity contribution is 0.783. The van der Waals surface area contributed by atoms with E-state index in [-0.39, 0.29) is 0 Å². The number of benzene rings is 1. The fraction of sp³-hybridized carbons (Fsp3) is 0.364. The molecule has 0 N–H and O–H groups in total. The van der Waals surface area contributed by atoms with E-state index in [1.54, 1.807) is 0 Å². The van der Waals surface area contributed by atoms with Crippen molar-refractivity contribution < 1.29 is 0 Å². The van der Waals surface area contributed by atoms with Crippen LogP contribution in [0.3, 0.4) is 0 Å². The minimum atomic E-state index is 0.636. The van der Waals surface area contributed by atoms with Gasteiger partial charge in [-0.3, -0.25) is 0 Å². The van der Waals surface area contributed by atoms with Crippen molar-refractivity contribution in [3.63, 3.8) is 0 Å². The number of thioether (sulfide) groups is 1. The van der Waals surface area contributed by atoms with Crippen LogP contribution in [0, 0.1) is 11.3 Å². The summed E-state index contributed by atoms with van der Waals surface area (Å²) in [7, 11) is 0. The molecule has 1 nitrogen and oxygen atoms in total. The summed E-state index contributed by atoms with van der Waals surface area (Å²) in [5.74, 6) is 0. The minimum Gasteiger partial charge on any atom is -0.198 e. The third kappa shape index (κ3) is 1.87. The molecule has 0 spiro atoms. The molecule has 1 aliphatic rings. The van der Waals surface area contributed by atoms with Crippen LogP contribution in [0.2, 0.25) is 0 Å². The first-order valence-electron chi connectivity index (χ1n) is 4.51. The quantitative estimate of drug-likeness (QED) is 0.714. The van der Waals surface area contributed by atoms with E-state index in [2.05, 4.69) is 30.3 Å². The van der Waals surface area contributed by atoms with E-state index in [9.17, 15) is 0 Å². The van der Waals surface area contributed by atoms with Crippen molar-refractivity contribution in [1.29, 1.82) is 5.26 Å². The van der Waals surface area contributed by atoms with Crippen molar-refractivity contribution in [2.75, 3.05) is 0 Å². The van der Waals surface area contributed by atoms with E-state index >= 15 is 0 Å². The van der Waals surface area contributed by atoms with Crippen LogP contribution < -0.4 is 0 Å². The topological polar surface area (TPSA) is 23.8 Å². The van der Waals surface area contributed by atoms with Crippen LogP contribution in [-0.4, -0.2) is 5.25 Å². The van der Waals surface area contributed by atoms with Crippen LogP contribution >= 0.6 is 11.8 Å². The van der Waals surface area contributed by atoms with Gasteiger partial charge in [0.15, 0.2) is 0 Å². The maximum absolute atomic E-state index is 8.48. The van der Waals surface area contributed by atoms with Gasteiger partial charge in [-0.1, -0.05) is 18.2 Å². The van der Waals surface area contributed by atoms with Crippen molar-refractivity contribution >= 4 is 11.8 Å². The summed E-state index contributed by atoms with van der Waals surface area (Å²) < 4.78 is 0. The summed E-state index contributed by atoms with van der Waals surface area (Å²) >= 11 is 1.92. The monoisotopic (exact) mass is 189 g/mol. The van der Waals surface area contributed by atoms with Gasteiger partial charge in [0.25, 0.3) is 0 Å². The Kier molecular flexibility index (Phi) is 2.56. The number of rotatable bonds is 2. The zero-order chi connectivity index (χ0) is 9.10. The van der Waals surface area contributed by atoms with Gasteiger partial charge < -0.3 is 0 Å². The van der Waals surface area contributed by atoms with Crippen LogP contribution in [0.1, 0.15) is 18.4 Å². The maximum Gasteiger partial charge on any atom is 0.0622 e. The SMILES string of the molecule is N#CCCC1Cc2ccccc2S1. The smallest absolute Gasteiger partial charge is 0.0622 e. The molecule has 66 valence electrons. The maximum atomic E-state index is 8.48. The standard InChI is InChI=1S/C11H11NS/c12-7-3-5-10-8-9-4-1-2-6-11(9)13-10/h1-2,4,6,10H,3,5,8H2. The van der Waals surface area contributed by atoms with Gasteiger partial charge in [-0.25, -0.2) is 0 Å². The summed E-state index contributed by atoms with van der Waals surface area (Å²) in [6.45, 7) is 0. The summed E-state index contributed by atoms with van der Waals surface area (Å²) in [4.78, 5) is 1.41. The largest absolute Gasteiger partial charge is 0.198 e. The van der Waals surface area contributed by atoms with Crippen molar-refractivity contribution in [3.05, 3.63) is 29.8 Å². The molecule has 1 heterocycles. The normalized spacial score (nSPS) is 19.5. The van der Waals surface area contributed by atoms with Gasteiger partial charge in [-0.15, -0.1) is 11.8 Å². The van der Waals surface area contributed by atoms with Crippen LogP contribution in [0.15, 0.2) is 29.2 Å². The molecule has 1 atom stereocenters. The van der Waals surface area contributed by atoms with Crippen molar-refractivity contribution in [1.82, 2.24) is 0 Å². The summed E-state index contributed by atoms with van der Waals surface area (Å²) in [6, 6.07) is 10.7. The molecular formula is C11H11NS. The Balaban J connectivity index is 2.02.